The van der Waals surface area contributed by atoms with Crippen molar-refractivity contribution in [1.29, 1.82) is 5.26 Å². The van der Waals surface area contributed by atoms with E-state index in [0.29, 0.717) is 30.3 Å². The van der Waals surface area contributed by atoms with Crippen LogP contribution in [0.3, 0.4) is 0 Å². The summed E-state index contributed by atoms with van der Waals surface area (Å²) in [5, 5.41) is 12.1. The number of hydrogen-bond acceptors (Lipinski definition) is 4. The van der Waals surface area contributed by atoms with Crippen LogP contribution in [0.4, 0.5) is 0 Å². The van der Waals surface area contributed by atoms with E-state index in [2.05, 4.69) is 11.4 Å². The summed E-state index contributed by atoms with van der Waals surface area (Å²) in [7, 11) is -1.54. The van der Waals surface area contributed by atoms with Gasteiger partial charge in [-0.1, -0.05) is 0 Å². The molecule has 1 aliphatic heterocycles. The second-order valence-corrected chi connectivity index (χ2v) is 6.99. The Morgan fingerprint density at radius 3 is 2.50 bits per heavy atom. The maximum atomic E-state index is 12.6. The molecule has 0 aliphatic carbocycles. The summed E-state index contributed by atoms with van der Waals surface area (Å²) >= 11 is 0. The highest BCUT2D eigenvalue weighted by molar-refractivity contribution is 7.89. The lowest BCUT2D eigenvalue weighted by Gasteiger charge is -2.31. The highest BCUT2D eigenvalue weighted by Gasteiger charge is 2.29. The van der Waals surface area contributed by atoms with Gasteiger partial charge in [0.1, 0.15) is 0 Å². The highest BCUT2D eigenvalue weighted by atomic mass is 32.2. The molecule has 0 bridgehead atoms. The number of hydrogen-bond donors (Lipinski definition) is 1. The number of nitrogens with one attached hydrogen (secondary N) is 1. The van der Waals surface area contributed by atoms with E-state index in [4.69, 9.17) is 5.26 Å². The topological polar surface area (TPSA) is 73.2 Å². The Balaban J connectivity index is 2.23. The van der Waals surface area contributed by atoms with Crippen LogP contribution in [0, 0.1) is 18.3 Å². The first-order valence-electron chi connectivity index (χ1n) is 6.67. The minimum Gasteiger partial charge on any atom is -0.317 e. The van der Waals surface area contributed by atoms with Crippen LogP contribution in [0.5, 0.6) is 0 Å². The molecule has 0 unspecified atom stereocenters. The van der Waals surface area contributed by atoms with Crippen LogP contribution in [0.15, 0.2) is 23.1 Å². The lowest BCUT2D eigenvalue weighted by atomic mass is 10.1. The Bertz CT molecular complexity index is 626. The molecule has 0 atom stereocenters. The van der Waals surface area contributed by atoms with Gasteiger partial charge < -0.3 is 5.32 Å². The van der Waals surface area contributed by atoms with E-state index in [1.54, 1.807) is 19.1 Å². The first kappa shape index (κ1) is 15.0. The average Bonchev–Trinajstić information content (AvgIpc) is 2.47. The van der Waals surface area contributed by atoms with Crippen LogP contribution in [-0.2, 0) is 10.0 Å². The standard InChI is InChI=1S/C14H19N3O2S/c1-11-9-14(4-3-12(11)10-15)20(18,19)17-7-5-13(16-2)6-8-17/h3-4,9,13,16H,5-8H2,1-2H3. The van der Waals surface area contributed by atoms with Crippen molar-refractivity contribution in [3.63, 3.8) is 0 Å². The van der Waals surface area contributed by atoms with E-state index < -0.39 is 10.0 Å². The molecule has 1 fully saturated rings. The molecular weight excluding hydrogens is 274 g/mol. The van der Waals surface area contributed by atoms with Crippen molar-refractivity contribution in [2.75, 3.05) is 20.1 Å². The average molecular weight is 293 g/mol. The molecule has 0 saturated carbocycles. The maximum Gasteiger partial charge on any atom is 0.243 e. The number of nitriles is 1. The molecule has 1 N–H and O–H groups in total. The zero-order chi connectivity index (χ0) is 14.8. The molecule has 0 spiro atoms. The fraction of sp³-hybridized carbons (Fsp3) is 0.500. The van der Waals surface area contributed by atoms with Crippen molar-refractivity contribution in [3.8, 4) is 6.07 Å². The van der Waals surface area contributed by atoms with E-state index in [-0.39, 0.29) is 4.90 Å². The largest absolute Gasteiger partial charge is 0.317 e. The summed E-state index contributed by atoms with van der Waals surface area (Å²) in [4.78, 5) is 0.275. The number of piperidine rings is 1. The lowest BCUT2D eigenvalue weighted by Crippen LogP contribution is -2.43. The first-order chi connectivity index (χ1) is 9.48. The van der Waals surface area contributed by atoms with Crippen molar-refractivity contribution in [2.45, 2.75) is 30.7 Å². The third-order valence-electron chi connectivity index (χ3n) is 3.82. The van der Waals surface area contributed by atoms with Crippen molar-refractivity contribution >= 4 is 10.0 Å². The van der Waals surface area contributed by atoms with E-state index in [0.717, 1.165) is 12.8 Å². The number of sulfonamides is 1. The van der Waals surface area contributed by atoms with Crippen molar-refractivity contribution < 1.29 is 8.42 Å². The van der Waals surface area contributed by atoms with Gasteiger partial charge in [0.05, 0.1) is 16.5 Å². The van der Waals surface area contributed by atoms with Gasteiger partial charge in [0.2, 0.25) is 10.0 Å². The van der Waals surface area contributed by atoms with E-state index in [1.807, 2.05) is 7.05 Å². The second kappa shape index (κ2) is 5.92. The Morgan fingerprint density at radius 2 is 2.00 bits per heavy atom. The zero-order valence-corrected chi connectivity index (χ0v) is 12.6. The molecule has 1 aromatic carbocycles. The Kier molecular flexibility index (Phi) is 4.43. The second-order valence-electron chi connectivity index (χ2n) is 5.06. The maximum absolute atomic E-state index is 12.6. The first-order valence-corrected chi connectivity index (χ1v) is 8.11. The SMILES string of the molecule is CNC1CCN(S(=O)(=O)c2ccc(C#N)c(C)c2)CC1. The van der Waals surface area contributed by atoms with Gasteiger partial charge in [-0.05, 0) is 50.6 Å². The van der Waals surface area contributed by atoms with Crippen LogP contribution < -0.4 is 5.32 Å². The van der Waals surface area contributed by atoms with Gasteiger partial charge in [0, 0.05) is 19.1 Å². The fourth-order valence-corrected chi connectivity index (χ4v) is 4.01. The van der Waals surface area contributed by atoms with Gasteiger partial charge in [0.15, 0.2) is 0 Å². The molecule has 108 valence electrons. The van der Waals surface area contributed by atoms with E-state index >= 15 is 0 Å². The van der Waals surface area contributed by atoms with E-state index in [1.165, 1.54) is 10.4 Å². The van der Waals surface area contributed by atoms with Crippen LogP contribution in [0.2, 0.25) is 0 Å². The summed E-state index contributed by atoms with van der Waals surface area (Å²) in [6, 6.07) is 7.12. The molecular formula is C14H19N3O2S. The predicted octanol–water partition coefficient (Wildman–Crippen LogP) is 1.24. The fourth-order valence-electron chi connectivity index (χ4n) is 2.46. The molecule has 0 aromatic heterocycles. The van der Waals surface area contributed by atoms with Crippen LogP contribution in [0.25, 0.3) is 0 Å². The zero-order valence-electron chi connectivity index (χ0n) is 11.8. The van der Waals surface area contributed by atoms with Crippen LogP contribution in [0.1, 0.15) is 24.0 Å². The van der Waals surface area contributed by atoms with Gasteiger partial charge in [-0.25, -0.2) is 8.42 Å². The van der Waals surface area contributed by atoms with Gasteiger partial charge in [0.25, 0.3) is 0 Å². The van der Waals surface area contributed by atoms with Crippen LogP contribution >= 0.6 is 0 Å². The molecule has 5 nitrogen and oxygen atoms in total. The summed E-state index contributed by atoms with van der Waals surface area (Å²) in [5.41, 5.74) is 1.21. The lowest BCUT2D eigenvalue weighted by molar-refractivity contribution is 0.298. The molecule has 2 rings (SSSR count). The smallest absolute Gasteiger partial charge is 0.243 e. The van der Waals surface area contributed by atoms with Crippen molar-refractivity contribution in [1.82, 2.24) is 9.62 Å². The molecule has 1 aromatic rings. The number of benzene rings is 1. The van der Waals surface area contributed by atoms with Gasteiger partial charge >= 0.3 is 0 Å². The molecule has 0 amide bonds. The van der Waals surface area contributed by atoms with Crippen molar-refractivity contribution in [2.24, 2.45) is 0 Å². The minimum absolute atomic E-state index is 0.275. The monoisotopic (exact) mass is 293 g/mol. The Labute approximate surface area is 120 Å². The number of rotatable bonds is 3. The van der Waals surface area contributed by atoms with Crippen LogP contribution in [-0.4, -0.2) is 38.9 Å². The molecule has 6 heteroatoms. The quantitative estimate of drug-likeness (QED) is 0.910. The predicted molar refractivity (Wildman–Crippen MR) is 76.7 cm³/mol. The Morgan fingerprint density at radius 1 is 1.35 bits per heavy atom. The summed E-state index contributed by atoms with van der Waals surface area (Å²) < 4.78 is 26.6. The molecule has 0 radical (unpaired) electrons. The highest BCUT2D eigenvalue weighted by Crippen LogP contribution is 2.22. The summed E-state index contributed by atoms with van der Waals surface area (Å²) in [6.45, 7) is 2.82. The van der Waals surface area contributed by atoms with E-state index in [9.17, 15) is 8.42 Å². The third-order valence-corrected chi connectivity index (χ3v) is 5.71. The molecule has 1 heterocycles. The molecule has 20 heavy (non-hydrogen) atoms. The van der Waals surface area contributed by atoms with Gasteiger partial charge in [-0.2, -0.15) is 9.57 Å². The molecule has 1 saturated heterocycles. The summed E-state index contributed by atoms with van der Waals surface area (Å²) in [5.74, 6) is 0. The van der Waals surface area contributed by atoms with Gasteiger partial charge in [-0.15, -0.1) is 0 Å². The Hall–Kier alpha value is -1.42. The third kappa shape index (κ3) is 2.85. The van der Waals surface area contributed by atoms with Crippen molar-refractivity contribution in [3.05, 3.63) is 29.3 Å². The molecule has 1 aliphatic rings. The number of aryl methyl sites for hydroxylation is 1. The summed E-state index contributed by atoms with van der Waals surface area (Å²) in [6.07, 6.45) is 1.65. The number of nitrogens with zero attached hydrogens (tertiary/aromatic N) is 2. The van der Waals surface area contributed by atoms with Gasteiger partial charge in [-0.3, -0.25) is 0 Å². The normalized spacial score (nSPS) is 17.9. The minimum atomic E-state index is -3.45.